The van der Waals surface area contributed by atoms with Gasteiger partial charge in [0.15, 0.2) is 5.82 Å². The average Bonchev–Trinajstić information content (AvgIpc) is 3.07. The molecule has 2 aliphatic rings. The van der Waals surface area contributed by atoms with Gasteiger partial charge in [-0.1, -0.05) is 17.3 Å². The van der Waals surface area contributed by atoms with Crippen molar-refractivity contribution in [2.24, 2.45) is 10.6 Å². The second kappa shape index (κ2) is 6.42. The van der Waals surface area contributed by atoms with Gasteiger partial charge in [0.1, 0.15) is 5.75 Å². The van der Waals surface area contributed by atoms with Crippen molar-refractivity contribution in [2.75, 3.05) is 13.1 Å². The van der Waals surface area contributed by atoms with Crippen molar-refractivity contribution in [3.8, 4) is 17.2 Å². The van der Waals surface area contributed by atoms with E-state index in [2.05, 4.69) is 14.9 Å². The third-order valence-corrected chi connectivity index (χ3v) is 6.45. The fraction of sp³-hybridized carbons (Fsp3) is 0.500. The van der Waals surface area contributed by atoms with Crippen LogP contribution in [0.5, 0.6) is 5.75 Å². The molecule has 1 saturated carbocycles. The number of benzene rings is 1. The second-order valence-corrected chi connectivity index (χ2v) is 8.61. The predicted molar refractivity (Wildman–Crippen MR) is 90.1 cm³/mol. The molecule has 4 rings (SSSR count). The molecule has 152 valence electrons. The number of alkyl halides is 3. The van der Waals surface area contributed by atoms with E-state index in [1.807, 2.05) is 0 Å². The van der Waals surface area contributed by atoms with Gasteiger partial charge in [-0.25, -0.2) is 5.14 Å². The van der Waals surface area contributed by atoms with Gasteiger partial charge >= 0.3 is 6.36 Å². The molecule has 0 unspecified atom stereocenters. The molecular weight excluding hydrogens is 401 g/mol. The van der Waals surface area contributed by atoms with Crippen LogP contribution < -0.4 is 9.88 Å². The first-order chi connectivity index (χ1) is 13.1. The monoisotopic (exact) mass is 418 g/mol. The van der Waals surface area contributed by atoms with Crippen molar-refractivity contribution in [3.05, 3.63) is 30.1 Å². The lowest BCUT2D eigenvalue weighted by Gasteiger charge is -2.30. The number of nitrogens with two attached hydrogens (primary N) is 1. The molecule has 1 atom stereocenters. The van der Waals surface area contributed by atoms with Crippen LogP contribution in [0, 0.1) is 5.41 Å². The number of halogens is 3. The summed E-state index contributed by atoms with van der Waals surface area (Å²) in [6.45, 7) is 0.643. The van der Waals surface area contributed by atoms with Gasteiger partial charge < -0.3 is 9.26 Å². The van der Waals surface area contributed by atoms with Crippen molar-refractivity contribution in [1.82, 2.24) is 14.4 Å². The van der Waals surface area contributed by atoms with E-state index in [0.717, 1.165) is 6.42 Å². The Labute approximate surface area is 158 Å². The molecule has 2 aromatic rings. The molecule has 0 bridgehead atoms. The summed E-state index contributed by atoms with van der Waals surface area (Å²) in [6, 6.07) is 5.54. The first-order valence-corrected chi connectivity index (χ1v) is 10.0. The van der Waals surface area contributed by atoms with Crippen molar-refractivity contribution < 1.29 is 30.8 Å². The molecule has 0 amide bonds. The molecule has 8 nitrogen and oxygen atoms in total. The smallest absolute Gasteiger partial charge is 0.405 e. The van der Waals surface area contributed by atoms with Crippen LogP contribution in [0.4, 0.5) is 13.2 Å². The van der Waals surface area contributed by atoms with Gasteiger partial charge in [-0.3, -0.25) is 0 Å². The largest absolute Gasteiger partial charge is 0.573 e. The minimum absolute atomic E-state index is 0.0247. The summed E-state index contributed by atoms with van der Waals surface area (Å²) >= 11 is 0. The molecule has 2 fully saturated rings. The van der Waals surface area contributed by atoms with Crippen molar-refractivity contribution in [3.63, 3.8) is 0 Å². The maximum Gasteiger partial charge on any atom is 0.573 e. The summed E-state index contributed by atoms with van der Waals surface area (Å²) in [6.07, 6.45) is -2.83. The summed E-state index contributed by atoms with van der Waals surface area (Å²) in [4.78, 5) is 4.27. The molecule has 2 N–H and O–H groups in total. The number of para-hydroxylation sites is 1. The fourth-order valence-electron chi connectivity index (χ4n) is 3.79. The highest BCUT2D eigenvalue weighted by Crippen LogP contribution is 2.64. The zero-order valence-electron chi connectivity index (χ0n) is 14.5. The molecule has 1 aromatic carbocycles. The SMILES string of the molecule is NS(=O)(=O)N1CCC2(CC1)C[C@H]2c1noc(-c2ccccc2OC(F)(F)F)n1. The minimum atomic E-state index is -4.84. The highest BCUT2D eigenvalue weighted by atomic mass is 32.2. The zero-order chi connectivity index (χ0) is 20.2. The standard InChI is InChI=1S/C16H17F3N4O4S/c17-16(18,19)26-12-4-2-1-3-10(12)14-21-13(22-27-14)11-9-15(11)5-7-23(8-6-15)28(20,24)25/h1-4,11H,5-9H2,(H2,20,24,25)/t11-/m0/s1. The van der Waals surface area contributed by atoms with Gasteiger partial charge in [0.25, 0.3) is 16.1 Å². The Morgan fingerprint density at radius 1 is 1.25 bits per heavy atom. The minimum Gasteiger partial charge on any atom is -0.405 e. The van der Waals surface area contributed by atoms with E-state index in [1.54, 1.807) is 6.07 Å². The van der Waals surface area contributed by atoms with E-state index in [0.29, 0.717) is 31.8 Å². The Morgan fingerprint density at radius 2 is 1.93 bits per heavy atom. The summed E-state index contributed by atoms with van der Waals surface area (Å²) < 4.78 is 71.1. The van der Waals surface area contributed by atoms with Crippen LogP contribution in [-0.2, 0) is 10.2 Å². The van der Waals surface area contributed by atoms with E-state index < -0.39 is 22.3 Å². The Hall–Kier alpha value is -2.18. The Morgan fingerprint density at radius 3 is 2.57 bits per heavy atom. The number of piperidine rings is 1. The summed E-state index contributed by atoms with van der Waals surface area (Å²) in [5, 5.41) is 9.09. The predicted octanol–water partition coefficient (Wildman–Crippen LogP) is 2.41. The van der Waals surface area contributed by atoms with Crippen LogP contribution in [-0.4, -0.2) is 42.3 Å². The third-order valence-electron chi connectivity index (χ3n) is 5.36. The molecule has 2 heterocycles. The van der Waals surface area contributed by atoms with E-state index in [4.69, 9.17) is 9.66 Å². The number of aromatic nitrogens is 2. The van der Waals surface area contributed by atoms with Gasteiger partial charge in [-0.05, 0) is 36.8 Å². The number of rotatable bonds is 4. The van der Waals surface area contributed by atoms with E-state index in [-0.39, 0.29) is 22.8 Å². The van der Waals surface area contributed by atoms with Gasteiger partial charge in [-0.15, -0.1) is 13.2 Å². The Kier molecular flexibility index (Phi) is 4.39. The van der Waals surface area contributed by atoms with Gasteiger partial charge in [0.2, 0.25) is 0 Å². The molecular formula is C16H17F3N4O4S. The maximum atomic E-state index is 12.6. The molecule has 1 saturated heterocycles. The maximum absolute atomic E-state index is 12.6. The van der Waals surface area contributed by atoms with Crippen molar-refractivity contribution in [1.29, 1.82) is 0 Å². The van der Waals surface area contributed by atoms with Crippen LogP contribution in [0.1, 0.15) is 31.0 Å². The lowest BCUT2D eigenvalue weighted by molar-refractivity contribution is -0.274. The Balaban J connectivity index is 1.50. The molecule has 0 radical (unpaired) electrons. The van der Waals surface area contributed by atoms with Crippen molar-refractivity contribution >= 4 is 10.2 Å². The van der Waals surface area contributed by atoms with Gasteiger partial charge in [0, 0.05) is 19.0 Å². The quantitative estimate of drug-likeness (QED) is 0.816. The lowest BCUT2D eigenvalue weighted by Crippen LogP contribution is -2.43. The summed E-state index contributed by atoms with van der Waals surface area (Å²) in [5.41, 5.74) is -0.0676. The average molecular weight is 418 g/mol. The first-order valence-electron chi connectivity index (χ1n) is 8.54. The van der Waals surface area contributed by atoms with Crippen LogP contribution in [0.2, 0.25) is 0 Å². The highest BCUT2D eigenvalue weighted by Gasteiger charge is 2.58. The van der Waals surface area contributed by atoms with Gasteiger partial charge in [-0.2, -0.15) is 17.7 Å². The van der Waals surface area contributed by atoms with E-state index in [9.17, 15) is 21.6 Å². The van der Waals surface area contributed by atoms with Gasteiger partial charge in [0.05, 0.1) is 5.56 Å². The zero-order valence-corrected chi connectivity index (χ0v) is 15.3. The number of ether oxygens (including phenoxy) is 1. The number of nitrogens with zero attached hydrogens (tertiary/aromatic N) is 3. The highest BCUT2D eigenvalue weighted by molar-refractivity contribution is 7.86. The first kappa shape index (κ1) is 19.2. The van der Waals surface area contributed by atoms with Crippen LogP contribution in [0.15, 0.2) is 28.8 Å². The molecule has 1 spiro atoms. The Bertz CT molecular complexity index is 984. The fourth-order valence-corrected chi connectivity index (χ4v) is 4.49. The normalized spacial score (nSPS) is 22.4. The second-order valence-electron chi connectivity index (χ2n) is 7.06. The third kappa shape index (κ3) is 3.71. The molecule has 12 heteroatoms. The number of hydrogen-bond donors (Lipinski definition) is 1. The topological polar surface area (TPSA) is 112 Å². The van der Waals surface area contributed by atoms with Crippen LogP contribution >= 0.6 is 0 Å². The van der Waals surface area contributed by atoms with E-state index >= 15 is 0 Å². The number of hydrogen-bond acceptors (Lipinski definition) is 6. The van der Waals surface area contributed by atoms with E-state index in [1.165, 1.54) is 22.5 Å². The summed E-state index contributed by atoms with van der Waals surface area (Å²) in [5.74, 6) is -0.0970. The molecule has 28 heavy (non-hydrogen) atoms. The lowest BCUT2D eigenvalue weighted by atomic mass is 9.92. The summed E-state index contributed by atoms with van der Waals surface area (Å²) in [7, 11) is -3.70. The van der Waals surface area contributed by atoms with Crippen molar-refractivity contribution in [2.45, 2.75) is 31.5 Å². The van der Waals surface area contributed by atoms with Crippen LogP contribution in [0.25, 0.3) is 11.5 Å². The molecule has 1 aliphatic carbocycles. The van der Waals surface area contributed by atoms with Crippen LogP contribution in [0.3, 0.4) is 0 Å². The molecule has 1 aliphatic heterocycles. The molecule has 1 aromatic heterocycles.